The van der Waals surface area contributed by atoms with Gasteiger partial charge in [0.2, 0.25) is 0 Å². The number of amides is 1. The van der Waals surface area contributed by atoms with E-state index < -0.39 is 6.09 Å². The lowest BCUT2D eigenvalue weighted by Gasteiger charge is -2.29. The third-order valence-corrected chi connectivity index (χ3v) is 4.10. The summed E-state index contributed by atoms with van der Waals surface area (Å²) in [5.74, 6) is -0.342. The molecule has 3 rings (SSSR count). The second-order valence-electron chi connectivity index (χ2n) is 6.01. The van der Waals surface area contributed by atoms with E-state index in [1.165, 1.54) is 11.0 Å². The Balaban J connectivity index is 1.69. The third-order valence-electron chi connectivity index (χ3n) is 4.10. The lowest BCUT2D eigenvalue weighted by atomic mass is 10.2. The number of cyclic esters (lactones) is 1. The number of halogens is 1. The SMILES string of the molecule is C=C(C)NCC1CN(c2ccc(N3CCOCC3)c(F)c2)C(=O)O1. The van der Waals surface area contributed by atoms with Crippen molar-refractivity contribution in [3.05, 3.63) is 36.3 Å². The van der Waals surface area contributed by atoms with E-state index in [4.69, 9.17) is 9.47 Å². The van der Waals surface area contributed by atoms with E-state index in [1.807, 2.05) is 11.8 Å². The Kier molecular flexibility index (Phi) is 4.89. The quantitative estimate of drug-likeness (QED) is 0.893. The fraction of sp³-hybridized carbons (Fsp3) is 0.471. The molecule has 1 unspecified atom stereocenters. The molecule has 1 aromatic rings. The number of ether oxygens (including phenoxy) is 2. The molecule has 7 heteroatoms. The number of hydrogen-bond acceptors (Lipinski definition) is 5. The molecule has 0 aliphatic carbocycles. The molecule has 1 aromatic carbocycles. The molecule has 0 radical (unpaired) electrons. The topological polar surface area (TPSA) is 54.0 Å². The van der Waals surface area contributed by atoms with Crippen molar-refractivity contribution in [1.82, 2.24) is 5.32 Å². The molecule has 2 fully saturated rings. The normalized spacial score (nSPS) is 20.9. The van der Waals surface area contributed by atoms with Crippen LogP contribution in [0.15, 0.2) is 30.5 Å². The highest BCUT2D eigenvalue weighted by Gasteiger charge is 2.32. The highest BCUT2D eigenvalue weighted by Crippen LogP contribution is 2.28. The van der Waals surface area contributed by atoms with Gasteiger partial charge in [-0.05, 0) is 25.1 Å². The number of carbonyl (C=O) groups is 1. The second-order valence-corrected chi connectivity index (χ2v) is 6.01. The number of anilines is 2. The molecule has 1 N–H and O–H groups in total. The molecule has 0 saturated carbocycles. The lowest BCUT2D eigenvalue weighted by molar-refractivity contribution is 0.122. The zero-order valence-corrected chi connectivity index (χ0v) is 13.8. The minimum Gasteiger partial charge on any atom is -0.442 e. The minimum absolute atomic E-state index is 0.281. The van der Waals surface area contributed by atoms with Gasteiger partial charge in [0, 0.05) is 18.8 Å². The number of nitrogens with one attached hydrogen (secondary N) is 1. The van der Waals surface area contributed by atoms with Crippen LogP contribution in [-0.2, 0) is 9.47 Å². The van der Waals surface area contributed by atoms with Gasteiger partial charge in [-0.1, -0.05) is 6.58 Å². The van der Waals surface area contributed by atoms with Crippen LogP contribution in [0.3, 0.4) is 0 Å². The molecule has 24 heavy (non-hydrogen) atoms. The molecule has 2 aliphatic heterocycles. The van der Waals surface area contributed by atoms with Gasteiger partial charge >= 0.3 is 6.09 Å². The second kappa shape index (κ2) is 7.09. The summed E-state index contributed by atoms with van der Waals surface area (Å²) in [6.45, 7) is 8.98. The van der Waals surface area contributed by atoms with E-state index >= 15 is 0 Å². The van der Waals surface area contributed by atoms with Crippen LogP contribution in [0.2, 0.25) is 0 Å². The molecule has 2 saturated heterocycles. The Labute approximate surface area is 140 Å². The zero-order chi connectivity index (χ0) is 17.1. The number of morpholine rings is 1. The molecule has 2 aliphatic rings. The molecule has 2 heterocycles. The third kappa shape index (κ3) is 3.62. The molecule has 0 bridgehead atoms. The number of nitrogens with zero attached hydrogens (tertiary/aromatic N) is 2. The van der Waals surface area contributed by atoms with Crippen molar-refractivity contribution in [2.24, 2.45) is 0 Å². The van der Waals surface area contributed by atoms with Gasteiger partial charge in [0.05, 0.1) is 37.7 Å². The van der Waals surface area contributed by atoms with Crippen LogP contribution in [0.1, 0.15) is 6.92 Å². The molecular formula is C17H22FN3O3. The average molecular weight is 335 g/mol. The van der Waals surface area contributed by atoms with E-state index in [2.05, 4.69) is 11.9 Å². The maximum atomic E-state index is 14.5. The van der Waals surface area contributed by atoms with E-state index in [1.54, 1.807) is 12.1 Å². The summed E-state index contributed by atoms with van der Waals surface area (Å²) >= 11 is 0. The first-order valence-corrected chi connectivity index (χ1v) is 8.04. The summed E-state index contributed by atoms with van der Waals surface area (Å²) < 4.78 is 25.1. The predicted molar refractivity (Wildman–Crippen MR) is 89.9 cm³/mol. The Morgan fingerprint density at radius 2 is 2.17 bits per heavy atom. The fourth-order valence-electron chi connectivity index (χ4n) is 2.85. The number of carbonyl (C=O) groups excluding carboxylic acids is 1. The van der Waals surface area contributed by atoms with Crippen molar-refractivity contribution in [2.45, 2.75) is 13.0 Å². The van der Waals surface area contributed by atoms with E-state index in [0.717, 1.165) is 5.70 Å². The maximum absolute atomic E-state index is 14.5. The first-order valence-electron chi connectivity index (χ1n) is 8.04. The number of benzene rings is 1. The monoisotopic (exact) mass is 335 g/mol. The van der Waals surface area contributed by atoms with Gasteiger partial charge in [0.1, 0.15) is 11.9 Å². The van der Waals surface area contributed by atoms with Gasteiger partial charge in [-0.3, -0.25) is 4.90 Å². The number of rotatable bonds is 5. The number of hydrogen-bond donors (Lipinski definition) is 1. The molecule has 0 spiro atoms. The Morgan fingerprint density at radius 1 is 1.42 bits per heavy atom. The summed E-state index contributed by atoms with van der Waals surface area (Å²) in [5, 5.41) is 3.05. The maximum Gasteiger partial charge on any atom is 0.414 e. The van der Waals surface area contributed by atoms with Crippen LogP contribution in [0.25, 0.3) is 0 Å². The highest BCUT2D eigenvalue weighted by molar-refractivity contribution is 5.90. The van der Waals surface area contributed by atoms with Crippen LogP contribution in [0.5, 0.6) is 0 Å². The summed E-state index contributed by atoms with van der Waals surface area (Å²) in [4.78, 5) is 15.4. The summed E-state index contributed by atoms with van der Waals surface area (Å²) in [6, 6.07) is 4.85. The van der Waals surface area contributed by atoms with E-state index in [0.29, 0.717) is 50.8 Å². The number of allylic oxidation sites excluding steroid dienone is 1. The van der Waals surface area contributed by atoms with E-state index in [-0.39, 0.29) is 11.9 Å². The molecule has 130 valence electrons. The molecular weight excluding hydrogens is 313 g/mol. The van der Waals surface area contributed by atoms with Gasteiger partial charge in [-0.15, -0.1) is 0 Å². The first kappa shape index (κ1) is 16.6. The van der Waals surface area contributed by atoms with Gasteiger partial charge < -0.3 is 19.7 Å². The molecule has 1 atom stereocenters. The molecule has 1 amide bonds. The van der Waals surface area contributed by atoms with Crippen LogP contribution in [0, 0.1) is 5.82 Å². The lowest BCUT2D eigenvalue weighted by Crippen LogP contribution is -2.36. The molecule has 0 aromatic heterocycles. The highest BCUT2D eigenvalue weighted by atomic mass is 19.1. The van der Waals surface area contributed by atoms with Gasteiger partial charge in [-0.25, -0.2) is 9.18 Å². The largest absolute Gasteiger partial charge is 0.442 e. The molecule has 6 nitrogen and oxygen atoms in total. The van der Waals surface area contributed by atoms with Crippen molar-refractivity contribution in [3.63, 3.8) is 0 Å². The van der Waals surface area contributed by atoms with E-state index in [9.17, 15) is 9.18 Å². The van der Waals surface area contributed by atoms with Crippen molar-refractivity contribution >= 4 is 17.5 Å². The van der Waals surface area contributed by atoms with Gasteiger partial charge in [-0.2, -0.15) is 0 Å². The average Bonchev–Trinajstić information content (AvgIpc) is 2.94. The van der Waals surface area contributed by atoms with Crippen molar-refractivity contribution < 1.29 is 18.7 Å². The summed E-state index contributed by atoms with van der Waals surface area (Å²) in [5.41, 5.74) is 1.85. The smallest absolute Gasteiger partial charge is 0.414 e. The van der Waals surface area contributed by atoms with Crippen molar-refractivity contribution in [3.8, 4) is 0 Å². The fourth-order valence-corrected chi connectivity index (χ4v) is 2.85. The summed E-state index contributed by atoms with van der Waals surface area (Å²) in [6.07, 6.45) is -0.738. The zero-order valence-electron chi connectivity index (χ0n) is 13.8. The standard InChI is InChI=1S/C17H22FN3O3/c1-12(2)19-10-14-11-21(17(22)24-14)13-3-4-16(15(18)9-13)20-5-7-23-8-6-20/h3-4,9,14,19H,1,5-8,10-11H2,2H3. The minimum atomic E-state index is -0.456. The first-order chi connectivity index (χ1) is 11.5. The Hall–Kier alpha value is -2.28. The Morgan fingerprint density at radius 3 is 2.83 bits per heavy atom. The van der Waals surface area contributed by atoms with Gasteiger partial charge in [0.25, 0.3) is 0 Å². The van der Waals surface area contributed by atoms with Crippen molar-refractivity contribution in [2.75, 3.05) is 49.2 Å². The predicted octanol–water partition coefficient (Wildman–Crippen LogP) is 2.11. The summed E-state index contributed by atoms with van der Waals surface area (Å²) in [7, 11) is 0. The van der Waals surface area contributed by atoms with Gasteiger partial charge in [0.15, 0.2) is 0 Å². The van der Waals surface area contributed by atoms with Crippen molar-refractivity contribution in [1.29, 1.82) is 0 Å². The Bertz CT molecular complexity index is 632. The van der Waals surface area contributed by atoms with Crippen LogP contribution < -0.4 is 15.1 Å². The van der Waals surface area contributed by atoms with Crippen LogP contribution in [-0.4, -0.2) is 51.6 Å². The van der Waals surface area contributed by atoms with Crippen LogP contribution >= 0.6 is 0 Å². The van der Waals surface area contributed by atoms with Crippen LogP contribution in [0.4, 0.5) is 20.6 Å².